The number of carbonyl (C=O) groups excluding carboxylic acids is 1. The second-order valence-electron chi connectivity index (χ2n) is 4.01. The van der Waals surface area contributed by atoms with Crippen molar-refractivity contribution in [3.8, 4) is 0 Å². The predicted octanol–water partition coefficient (Wildman–Crippen LogP) is 0.106. The summed E-state index contributed by atoms with van der Waals surface area (Å²) in [5.74, 6) is -0.0613. The number of nitrogens with zero attached hydrogens (tertiary/aromatic N) is 1. The van der Waals surface area contributed by atoms with Gasteiger partial charge >= 0.3 is 0 Å². The molecule has 5 nitrogen and oxygen atoms in total. The minimum absolute atomic E-state index is 0.0613. The summed E-state index contributed by atoms with van der Waals surface area (Å²) in [5.41, 5.74) is 0. The van der Waals surface area contributed by atoms with E-state index in [0.717, 1.165) is 13.1 Å². The van der Waals surface area contributed by atoms with Gasteiger partial charge in [-0.2, -0.15) is 0 Å². The lowest BCUT2D eigenvalue weighted by atomic mass is 10.4. The first-order valence-electron chi connectivity index (χ1n) is 5.62. The third-order valence-electron chi connectivity index (χ3n) is 2.04. The van der Waals surface area contributed by atoms with E-state index in [1.807, 2.05) is 20.9 Å². The van der Waals surface area contributed by atoms with Gasteiger partial charge in [0.05, 0.1) is 12.7 Å². The molecule has 16 heavy (non-hydrogen) atoms. The molecule has 0 aliphatic rings. The van der Waals surface area contributed by atoms with Crippen molar-refractivity contribution in [2.24, 2.45) is 0 Å². The maximum absolute atomic E-state index is 11.3. The molecule has 0 aromatic heterocycles. The van der Waals surface area contributed by atoms with E-state index in [1.165, 1.54) is 0 Å². The molecule has 0 saturated heterocycles. The van der Waals surface area contributed by atoms with Gasteiger partial charge in [-0.1, -0.05) is 0 Å². The Labute approximate surface area is 98.1 Å². The Morgan fingerprint density at radius 2 is 2.06 bits per heavy atom. The van der Waals surface area contributed by atoms with Crippen LogP contribution in [0.4, 0.5) is 0 Å². The summed E-state index contributed by atoms with van der Waals surface area (Å²) in [5, 5.41) is 2.80. The molecule has 0 rings (SSSR count). The molecule has 0 unspecified atom stereocenters. The molecule has 0 aliphatic carbocycles. The molecule has 0 aliphatic heterocycles. The smallest absolute Gasteiger partial charge is 0.246 e. The fourth-order valence-corrected chi connectivity index (χ4v) is 1.04. The fourth-order valence-electron chi connectivity index (χ4n) is 1.04. The van der Waals surface area contributed by atoms with Gasteiger partial charge in [0.15, 0.2) is 0 Å². The molecule has 5 heteroatoms. The Morgan fingerprint density at radius 1 is 1.38 bits per heavy atom. The Balaban J connectivity index is 3.39. The number of hydrogen-bond acceptors (Lipinski definition) is 4. The van der Waals surface area contributed by atoms with Crippen LogP contribution in [0.5, 0.6) is 0 Å². The Hall–Kier alpha value is -0.650. The van der Waals surface area contributed by atoms with E-state index < -0.39 is 0 Å². The SMILES string of the molecule is COCCN(C)CCNC(=O)COC(C)C. The van der Waals surface area contributed by atoms with Gasteiger partial charge in [0.1, 0.15) is 6.61 Å². The van der Waals surface area contributed by atoms with Crippen LogP contribution in [0.1, 0.15) is 13.8 Å². The maximum Gasteiger partial charge on any atom is 0.246 e. The number of nitrogens with one attached hydrogen (secondary N) is 1. The van der Waals surface area contributed by atoms with Crippen LogP contribution in [-0.4, -0.2) is 63.9 Å². The van der Waals surface area contributed by atoms with Crippen LogP contribution in [0.25, 0.3) is 0 Å². The molecule has 96 valence electrons. The number of amides is 1. The zero-order chi connectivity index (χ0) is 12.4. The van der Waals surface area contributed by atoms with E-state index in [0.29, 0.717) is 13.2 Å². The van der Waals surface area contributed by atoms with Crippen molar-refractivity contribution in [3.05, 3.63) is 0 Å². The highest BCUT2D eigenvalue weighted by molar-refractivity contribution is 5.77. The molecule has 0 spiro atoms. The van der Waals surface area contributed by atoms with Crippen molar-refractivity contribution in [2.45, 2.75) is 20.0 Å². The second kappa shape index (κ2) is 9.57. The third-order valence-corrected chi connectivity index (χ3v) is 2.04. The number of likely N-dealkylation sites (N-methyl/N-ethyl adjacent to an activating group) is 1. The van der Waals surface area contributed by atoms with Crippen LogP contribution in [-0.2, 0) is 14.3 Å². The number of rotatable bonds is 9. The lowest BCUT2D eigenvalue weighted by Crippen LogP contribution is -2.36. The van der Waals surface area contributed by atoms with Gasteiger partial charge in [-0.15, -0.1) is 0 Å². The van der Waals surface area contributed by atoms with Gasteiger partial charge in [0, 0.05) is 26.7 Å². The maximum atomic E-state index is 11.3. The van der Waals surface area contributed by atoms with Crippen molar-refractivity contribution in [1.29, 1.82) is 0 Å². The number of carbonyl (C=O) groups is 1. The first-order chi connectivity index (χ1) is 7.56. The number of ether oxygens (including phenoxy) is 2. The quantitative estimate of drug-likeness (QED) is 0.613. The number of methoxy groups -OCH3 is 1. The van der Waals surface area contributed by atoms with E-state index in [9.17, 15) is 4.79 Å². The second-order valence-corrected chi connectivity index (χ2v) is 4.01. The largest absolute Gasteiger partial charge is 0.383 e. The first-order valence-corrected chi connectivity index (χ1v) is 5.62. The lowest BCUT2D eigenvalue weighted by molar-refractivity contribution is -0.127. The summed E-state index contributed by atoms with van der Waals surface area (Å²) < 4.78 is 10.1. The van der Waals surface area contributed by atoms with Crippen LogP contribution in [0, 0.1) is 0 Å². The first kappa shape index (κ1) is 15.3. The van der Waals surface area contributed by atoms with Gasteiger partial charge in [0.25, 0.3) is 0 Å². The molecule has 0 aromatic carbocycles. The predicted molar refractivity (Wildman–Crippen MR) is 63.5 cm³/mol. The summed E-state index contributed by atoms with van der Waals surface area (Å²) in [6.07, 6.45) is 0.0927. The Bertz CT molecular complexity index is 186. The van der Waals surface area contributed by atoms with Crippen molar-refractivity contribution in [3.63, 3.8) is 0 Å². The highest BCUT2D eigenvalue weighted by Crippen LogP contribution is 1.86. The summed E-state index contributed by atoms with van der Waals surface area (Å²) >= 11 is 0. The summed E-state index contributed by atoms with van der Waals surface area (Å²) in [7, 11) is 3.68. The monoisotopic (exact) mass is 232 g/mol. The number of hydrogen-bond donors (Lipinski definition) is 1. The molecule has 0 fully saturated rings. The van der Waals surface area contributed by atoms with Gasteiger partial charge in [-0.25, -0.2) is 0 Å². The van der Waals surface area contributed by atoms with Crippen molar-refractivity contribution < 1.29 is 14.3 Å². The topological polar surface area (TPSA) is 50.8 Å². The minimum Gasteiger partial charge on any atom is -0.383 e. The molecular formula is C11H24N2O3. The molecular weight excluding hydrogens is 208 g/mol. The fraction of sp³-hybridized carbons (Fsp3) is 0.909. The van der Waals surface area contributed by atoms with E-state index in [1.54, 1.807) is 7.11 Å². The Kier molecular flexibility index (Phi) is 9.18. The van der Waals surface area contributed by atoms with Crippen LogP contribution >= 0.6 is 0 Å². The zero-order valence-corrected chi connectivity index (χ0v) is 10.8. The Morgan fingerprint density at radius 3 is 2.62 bits per heavy atom. The molecule has 0 atom stereocenters. The average molecular weight is 232 g/mol. The van der Waals surface area contributed by atoms with Gasteiger partial charge in [-0.05, 0) is 20.9 Å². The van der Waals surface area contributed by atoms with Crippen LogP contribution in [0.3, 0.4) is 0 Å². The molecule has 1 N–H and O–H groups in total. The molecule has 0 saturated carbocycles. The lowest BCUT2D eigenvalue weighted by Gasteiger charge is -2.16. The summed E-state index contributed by atoms with van der Waals surface area (Å²) in [6.45, 7) is 6.99. The van der Waals surface area contributed by atoms with Crippen LogP contribution in [0.2, 0.25) is 0 Å². The van der Waals surface area contributed by atoms with Gasteiger partial charge in [0.2, 0.25) is 5.91 Å². The molecule has 0 heterocycles. The molecule has 0 radical (unpaired) electrons. The van der Waals surface area contributed by atoms with E-state index >= 15 is 0 Å². The van der Waals surface area contributed by atoms with Crippen molar-refractivity contribution >= 4 is 5.91 Å². The third kappa shape index (κ3) is 9.89. The van der Waals surface area contributed by atoms with Gasteiger partial charge < -0.3 is 19.7 Å². The van der Waals surface area contributed by atoms with Crippen molar-refractivity contribution in [1.82, 2.24) is 10.2 Å². The van der Waals surface area contributed by atoms with E-state index in [2.05, 4.69) is 10.2 Å². The summed E-state index contributed by atoms with van der Waals surface area (Å²) in [4.78, 5) is 13.4. The molecule has 0 bridgehead atoms. The molecule has 1 amide bonds. The minimum atomic E-state index is -0.0613. The van der Waals surface area contributed by atoms with E-state index in [4.69, 9.17) is 9.47 Å². The van der Waals surface area contributed by atoms with Crippen molar-refractivity contribution in [2.75, 3.05) is 47.0 Å². The molecule has 0 aromatic rings. The summed E-state index contributed by atoms with van der Waals surface area (Å²) in [6, 6.07) is 0. The van der Waals surface area contributed by atoms with Crippen LogP contribution < -0.4 is 5.32 Å². The normalized spacial score (nSPS) is 11.1. The highest BCUT2D eigenvalue weighted by atomic mass is 16.5. The standard InChI is InChI=1S/C11H24N2O3/c1-10(2)16-9-11(14)12-5-6-13(3)7-8-15-4/h10H,5-9H2,1-4H3,(H,12,14). The van der Waals surface area contributed by atoms with E-state index in [-0.39, 0.29) is 18.6 Å². The highest BCUT2D eigenvalue weighted by Gasteiger charge is 2.03. The van der Waals surface area contributed by atoms with Gasteiger partial charge in [-0.3, -0.25) is 4.79 Å². The average Bonchev–Trinajstić information content (AvgIpc) is 2.23. The zero-order valence-electron chi connectivity index (χ0n) is 10.8. The van der Waals surface area contributed by atoms with Crippen LogP contribution in [0.15, 0.2) is 0 Å².